The van der Waals surface area contributed by atoms with Crippen molar-refractivity contribution in [3.05, 3.63) is 76.6 Å². The van der Waals surface area contributed by atoms with Crippen molar-refractivity contribution >= 4 is 17.5 Å². The lowest BCUT2D eigenvalue weighted by molar-refractivity contribution is 0.0735. The van der Waals surface area contributed by atoms with Gasteiger partial charge in [0.05, 0.1) is 25.9 Å². The van der Waals surface area contributed by atoms with Gasteiger partial charge in [-0.25, -0.2) is 4.68 Å². The van der Waals surface area contributed by atoms with Gasteiger partial charge >= 0.3 is 0 Å². The molecule has 1 atom stereocenters. The Labute approximate surface area is 163 Å². The standard InChI is InChI=1S/C20H21ClN4O2/c1-14(17-6-4-5-7-19(17)27-3)24(2)20(26)18-13-25(23-22-18)12-15-8-10-16(21)11-9-15/h4-11,13-14H,12H2,1-3H3/t14-/m1/s1. The minimum atomic E-state index is -0.198. The number of ether oxygens (including phenoxy) is 1. The first kappa shape index (κ1) is 18.9. The molecule has 0 unspecified atom stereocenters. The minimum Gasteiger partial charge on any atom is -0.496 e. The van der Waals surface area contributed by atoms with Crippen LogP contribution in [0.15, 0.2) is 54.7 Å². The number of benzene rings is 2. The maximum absolute atomic E-state index is 12.8. The number of carbonyl (C=O) groups excluding carboxylic acids is 1. The average Bonchev–Trinajstić information content (AvgIpc) is 3.16. The number of carbonyl (C=O) groups is 1. The van der Waals surface area contributed by atoms with Crippen molar-refractivity contribution in [3.63, 3.8) is 0 Å². The summed E-state index contributed by atoms with van der Waals surface area (Å²) in [5.74, 6) is 0.548. The van der Waals surface area contributed by atoms with Crippen molar-refractivity contribution in [1.29, 1.82) is 0 Å². The van der Waals surface area contributed by atoms with Gasteiger partial charge in [0.25, 0.3) is 5.91 Å². The molecule has 0 N–H and O–H groups in total. The van der Waals surface area contributed by atoms with E-state index in [0.717, 1.165) is 16.9 Å². The summed E-state index contributed by atoms with van der Waals surface area (Å²) in [5.41, 5.74) is 2.26. The van der Waals surface area contributed by atoms with Gasteiger partial charge in [0.2, 0.25) is 0 Å². The largest absolute Gasteiger partial charge is 0.496 e. The van der Waals surface area contributed by atoms with Crippen LogP contribution in [0.3, 0.4) is 0 Å². The second kappa shape index (κ2) is 8.22. The van der Waals surface area contributed by atoms with Gasteiger partial charge in [-0.15, -0.1) is 5.10 Å². The molecule has 3 aromatic rings. The quantitative estimate of drug-likeness (QED) is 0.648. The SMILES string of the molecule is COc1ccccc1[C@@H](C)N(C)C(=O)c1cn(Cc2ccc(Cl)cc2)nn1. The molecule has 0 aliphatic heterocycles. The Hall–Kier alpha value is -2.86. The molecular weight excluding hydrogens is 364 g/mol. The second-order valence-corrected chi connectivity index (χ2v) is 6.70. The van der Waals surface area contributed by atoms with Crippen LogP contribution >= 0.6 is 11.6 Å². The molecule has 0 bridgehead atoms. The second-order valence-electron chi connectivity index (χ2n) is 6.26. The molecule has 0 spiro atoms. The van der Waals surface area contributed by atoms with Crippen molar-refractivity contribution in [1.82, 2.24) is 19.9 Å². The van der Waals surface area contributed by atoms with E-state index >= 15 is 0 Å². The van der Waals surface area contributed by atoms with Crippen molar-refractivity contribution in [2.75, 3.05) is 14.2 Å². The summed E-state index contributed by atoms with van der Waals surface area (Å²) in [6, 6.07) is 15.0. The molecule has 1 heterocycles. The van der Waals surface area contributed by atoms with Gasteiger partial charge in [0, 0.05) is 17.6 Å². The summed E-state index contributed by atoms with van der Waals surface area (Å²) in [7, 11) is 3.37. The summed E-state index contributed by atoms with van der Waals surface area (Å²) in [6.07, 6.45) is 1.66. The number of rotatable bonds is 6. The van der Waals surface area contributed by atoms with Gasteiger partial charge in [-0.1, -0.05) is 47.1 Å². The Kier molecular flexibility index (Phi) is 5.76. The summed E-state index contributed by atoms with van der Waals surface area (Å²) in [6.45, 7) is 2.47. The minimum absolute atomic E-state index is 0.171. The molecule has 140 valence electrons. The van der Waals surface area contributed by atoms with Crippen molar-refractivity contribution in [3.8, 4) is 5.75 Å². The number of halogens is 1. The fourth-order valence-corrected chi connectivity index (χ4v) is 2.95. The topological polar surface area (TPSA) is 60.2 Å². The van der Waals surface area contributed by atoms with Gasteiger partial charge in [-0.05, 0) is 30.7 Å². The van der Waals surface area contributed by atoms with Gasteiger partial charge in [-0.2, -0.15) is 0 Å². The smallest absolute Gasteiger partial charge is 0.276 e. The van der Waals surface area contributed by atoms with E-state index in [-0.39, 0.29) is 11.9 Å². The number of hydrogen-bond donors (Lipinski definition) is 0. The number of hydrogen-bond acceptors (Lipinski definition) is 4. The fraction of sp³-hybridized carbons (Fsp3) is 0.250. The van der Waals surface area contributed by atoms with Crippen LogP contribution in [-0.2, 0) is 6.54 Å². The molecule has 6 nitrogen and oxygen atoms in total. The Morgan fingerprint density at radius 2 is 1.93 bits per heavy atom. The molecule has 0 radical (unpaired) electrons. The summed E-state index contributed by atoms with van der Waals surface area (Å²) >= 11 is 5.90. The Balaban J connectivity index is 1.73. The highest BCUT2D eigenvalue weighted by Crippen LogP contribution is 2.28. The van der Waals surface area contributed by atoms with E-state index in [2.05, 4.69) is 10.3 Å². The first-order valence-electron chi connectivity index (χ1n) is 8.54. The van der Waals surface area contributed by atoms with Crippen LogP contribution in [0.4, 0.5) is 0 Å². The Bertz CT molecular complexity index is 924. The van der Waals surface area contributed by atoms with Crippen LogP contribution < -0.4 is 4.74 Å². The van der Waals surface area contributed by atoms with E-state index in [4.69, 9.17) is 16.3 Å². The van der Waals surface area contributed by atoms with E-state index in [1.54, 1.807) is 29.9 Å². The Morgan fingerprint density at radius 1 is 1.22 bits per heavy atom. The number of aromatic nitrogens is 3. The van der Waals surface area contributed by atoms with Crippen molar-refractivity contribution in [2.24, 2.45) is 0 Å². The van der Waals surface area contributed by atoms with Crippen LogP contribution in [0.25, 0.3) is 0 Å². The highest BCUT2D eigenvalue weighted by molar-refractivity contribution is 6.30. The first-order chi connectivity index (χ1) is 13.0. The summed E-state index contributed by atoms with van der Waals surface area (Å²) in [5, 5.41) is 8.78. The van der Waals surface area contributed by atoms with Gasteiger partial charge in [0.1, 0.15) is 5.75 Å². The predicted molar refractivity (Wildman–Crippen MR) is 104 cm³/mol. The van der Waals surface area contributed by atoms with Crippen LogP contribution in [0.5, 0.6) is 5.75 Å². The molecule has 7 heteroatoms. The summed E-state index contributed by atoms with van der Waals surface area (Å²) < 4.78 is 7.04. The normalized spacial score (nSPS) is 11.9. The van der Waals surface area contributed by atoms with Crippen molar-refractivity contribution < 1.29 is 9.53 Å². The van der Waals surface area contributed by atoms with Crippen LogP contribution in [0, 0.1) is 0 Å². The monoisotopic (exact) mass is 384 g/mol. The van der Waals surface area contributed by atoms with Crippen LogP contribution in [0.2, 0.25) is 5.02 Å². The number of methoxy groups -OCH3 is 1. The third-order valence-corrected chi connectivity index (χ3v) is 4.76. The molecule has 1 amide bonds. The zero-order valence-electron chi connectivity index (χ0n) is 15.5. The van der Waals surface area contributed by atoms with Crippen LogP contribution in [0.1, 0.15) is 34.6 Å². The number of amides is 1. The highest BCUT2D eigenvalue weighted by atomic mass is 35.5. The molecule has 1 aromatic heterocycles. The van der Waals surface area contributed by atoms with Crippen molar-refractivity contribution in [2.45, 2.75) is 19.5 Å². The van der Waals surface area contributed by atoms with Gasteiger partial charge in [-0.3, -0.25) is 4.79 Å². The molecule has 0 saturated heterocycles. The van der Waals surface area contributed by atoms with E-state index in [1.165, 1.54) is 0 Å². The Morgan fingerprint density at radius 3 is 2.63 bits per heavy atom. The lowest BCUT2D eigenvalue weighted by Crippen LogP contribution is -2.30. The van der Waals surface area contributed by atoms with E-state index in [1.807, 2.05) is 55.5 Å². The predicted octanol–water partition coefficient (Wildman–Crippen LogP) is 3.82. The van der Waals surface area contributed by atoms with Gasteiger partial charge < -0.3 is 9.64 Å². The van der Waals surface area contributed by atoms with Crippen LogP contribution in [-0.4, -0.2) is 40.0 Å². The summed E-state index contributed by atoms with van der Waals surface area (Å²) in [4.78, 5) is 14.5. The lowest BCUT2D eigenvalue weighted by Gasteiger charge is -2.25. The molecule has 2 aromatic carbocycles. The average molecular weight is 385 g/mol. The molecule has 0 saturated carbocycles. The van der Waals surface area contributed by atoms with Gasteiger partial charge in [0.15, 0.2) is 5.69 Å². The number of para-hydroxylation sites is 1. The zero-order chi connectivity index (χ0) is 19.4. The molecule has 0 aliphatic carbocycles. The molecule has 27 heavy (non-hydrogen) atoms. The molecular formula is C20H21ClN4O2. The molecule has 0 aliphatic rings. The highest BCUT2D eigenvalue weighted by Gasteiger charge is 2.23. The zero-order valence-corrected chi connectivity index (χ0v) is 16.2. The van der Waals surface area contributed by atoms with E-state index < -0.39 is 0 Å². The molecule has 0 fully saturated rings. The molecule has 3 rings (SSSR count). The maximum Gasteiger partial charge on any atom is 0.276 e. The fourth-order valence-electron chi connectivity index (χ4n) is 2.83. The third kappa shape index (κ3) is 4.28. The number of nitrogens with zero attached hydrogens (tertiary/aromatic N) is 4. The first-order valence-corrected chi connectivity index (χ1v) is 8.92. The maximum atomic E-state index is 12.8. The van der Waals surface area contributed by atoms with E-state index in [0.29, 0.717) is 17.3 Å². The van der Waals surface area contributed by atoms with E-state index in [9.17, 15) is 4.79 Å². The lowest BCUT2D eigenvalue weighted by atomic mass is 10.1. The third-order valence-electron chi connectivity index (χ3n) is 4.51.